The average Bonchev–Trinajstić information content (AvgIpc) is 2.31. The summed E-state index contributed by atoms with van der Waals surface area (Å²) in [6.07, 6.45) is 0. The van der Waals surface area contributed by atoms with Crippen molar-refractivity contribution in [3.63, 3.8) is 0 Å². The summed E-state index contributed by atoms with van der Waals surface area (Å²) >= 11 is 0. The first-order valence-corrected chi connectivity index (χ1v) is 4.93. The third-order valence-corrected chi connectivity index (χ3v) is 3.20. The van der Waals surface area contributed by atoms with E-state index in [2.05, 4.69) is 9.79 Å². The fraction of sp³-hybridized carbons (Fsp3) is 0.600. The van der Waals surface area contributed by atoms with Gasteiger partial charge in [-0.2, -0.15) is 0 Å². The lowest BCUT2D eigenvalue weighted by molar-refractivity contribution is -0.832. The van der Waals surface area contributed by atoms with Crippen molar-refractivity contribution in [3.8, 4) is 0 Å². The van der Waals surface area contributed by atoms with Crippen LogP contribution < -0.4 is 4.90 Å². The second-order valence-electron chi connectivity index (χ2n) is 2.22. The van der Waals surface area contributed by atoms with Crippen LogP contribution in [-0.4, -0.2) is 19.3 Å². The zero-order valence-corrected chi connectivity index (χ0v) is 7.46. The Morgan fingerprint density at radius 3 is 2.58 bits per heavy atom. The summed E-state index contributed by atoms with van der Waals surface area (Å²) in [5, 5.41) is 13.6. The number of aromatic nitrogens is 2. The normalized spacial score (nSPS) is 11.8. The Hall–Kier alpha value is -1.11. The van der Waals surface area contributed by atoms with Crippen molar-refractivity contribution < 1.29 is 17.9 Å². The van der Waals surface area contributed by atoms with Crippen molar-refractivity contribution in [2.24, 2.45) is 0 Å². The maximum atomic E-state index is 11.2. The minimum atomic E-state index is -3.52. The zero-order chi connectivity index (χ0) is 9.35. The van der Waals surface area contributed by atoms with Crippen molar-refractivity contribution in [1.82, 2.24) is 5.16 Å². The molecule has 0 fully saturated rings. The molecule has 0 radical (unpaired) electrons. The van der Waals surface area contributed by atoms with Crippen molar-refractivity contribution >= 4 is 9.84 Å². The molecule has 0 aromatic carbocycles. The number of hydrogen-bond donors (Lipinski definition) is 0. The van der Waals surface area contributed by atoms with Crippen LogP contribution in [0, 0.1) is 12.1 Å². The monoisotopic (exact) mass is 192 g/mol. The molecule has 0 amide bonds. The fourth-order valence-electron chi connectivity index (χ4n) is 0.782. The van der Waals surface area contributed by atoms with E-state index in [4.69, 9.17) is 0 Å². The lowest BCUT2D eigenvalue weighted by Gasteiger charge is -1.94. The van der Waals surface area contributed by atoms with Gasteiger partial charge in [0.05, 0.1) is 5.75 Å². The van der Waals surface area contributed by atoms with E-state index in [0.717, 1.165) is 0 Å². The maximum Gasteiger partial charge on any atom is 0.311 e. The van der Waals surface area contributed by atoms with Crippen molar-refractivity contribution in [3.05, 3.63) is 10.9 Å². The van der Waals surface area contributed by atoms with Gasteiger partial charge < -0.3 is 5.21 Å². The molecule has 7 heteroatoms. The molecule has 0 saturated carbocycles. The largest absolute Gasteiger partial charge is 0.358 e. The number of rotatable bonds is 2. The summed E-state index contributed by atoms with van der Waals surface area (Å²) in [6.45, 7) is 2.85. The lowest BCUT2D eigenvalue weighted by atomic mass is 10.6. The topological polar surface area (TPSA) is 87.1 Å². The van der Waals surface area contributed by atoms with E-state index in [1.807, 2.05) is 0 Å². The Balaban J connectivity index is 3.37. The van der Waals surface area contributed by atoms with E-state index in [1.54, 1.807) is 0 Å². The molecule has 0 unspecified atom stereocenters. The van der Waals surface area contributed by atoms with Crippen LogP contribution in [0.15, 0.2) is 9.65 Å². The second-order valence-corrected chi connectivity index (χ2v) is 4.42. The zero-order valence-electron chi connectivity index (χ0n) is 6.64. The third-order valence-electron chi connectivity index (χ3n) is 1.40. The first-order chi connectivity index (χ1) is 5.49. The van der Waals surface area contributed by atoms with E-state index >= 15 is 0 Å². The van der Waals surface area contributed by atoms with E-state index in [-0.39, 0.29) is 16.3 Å². The van der Waals surface area contributed by atoms with Crippen LogP contribution in [-0.2, 0) is 9.84 Å². The van der Waals surface area contributed by atoms with E-state index in [0.29, 0.717) is 0 Å². The molecule has 0 aliphatic heterocycles. The summed E-state index contributed by atoms with van der Waals surface area (Å²) in [5.74, 6) is -0.142. The molecule has 0 aliphatic carbocycles. The molecule has 68 valence electrons. The molecule has 1 aromatic rings. The van der Waals surface area contributed by atoms with Gasteiger partial charge in [-0.15, -0.1) is 0 Å². The Morgan fingerprint density at radius 2 is 2.25 bits per heavy atom. The quantitative estimate of drug-likeness (QED) is 0.584. The van der Waals surface area contributed by atoms with Crippen molar-refractivity contribution in [2.75, 3.05) is 5.75 Å². The second kappa shape index (κ2) is 2.74. The van der Waals surface area contributed by atoms with Gasteiger partial charge in [0.2, 0.25) is 15.5 Å². The number of hydrogen-bond acceptors (Lipinski definition) is 5. The van der Waals surface area contributed by atoms with E-state index in [1.165, 1.54) is 13.8 Å². The van der Waals surface area contributed by atoms with Gasteiger partial charge in [-0.05, 0) is 4.90 Å². The number of nitrogens with zero attached hydrogens (tertiary/aromatic N) is 2. The first kappa shape index (κ1) is 8.98. The van der Waals surface area contributed by atoms with E-state index in [9.17, 15) is 13.6 Å². The Kier molecular flexibility index (Phi) is 2.05. The van der Waals surface area contributed by atoms with Crippen LogP contribution in [0.3, 0.4) is 0 Å². The fourth-order valence-corrected chi connectivity index (χ4v) is 1.80. The van der Waals surface area contributed by atoms with E-state index < -0.39 is 14.9 Å². The molecule has 0 saturated heterocycles. The van der Waals surface area contributed by atoms with Crippen molar-refractivity contribution in [1.29, 1.82) is 0 Å². The molecule has 0 aliphatic rings. The van der Waals surface area contributed by atoms with Crippen LogP contribution in [0.1, 0.15) is 12.6 Å². The van der Waals surface area contributed by atoms with Gasteiger partial charge in [0, 0.05) is 12.1 Å². The maximum absolute atomic E-state index is 11.2. The smallest absolute Gasteiger partial charge is 0.311 e. The number of sulfone groups is 1. The summed E-state index contributed by atoms with van der Waals surface area (Å²) < 4.78 is 26.5. The molecule has 0 spiro atoms. The van der Waals surface area contributed by atoms with Gasteiger partial charge in [0.15, 0.2) is 0 Å². The highest BCUT2D eigenvalue weighted by molar-refractivity contribution is 7.91. The molecular weight excluding hydrogens is 184 g/mol. The molecule has 1 heterocycles. The summed E-state index contributed by atoms with van der Waals surface area (Å²) in [7, 11) is -3.52. The first-order valence-electron chi connectivity index (χ1n) is 3.28. The van der Waals surface area contributed by atoms with Gasteiger partial charge in [-0.1, -0.05) is 6.92 Å². The van der Waals surface area contributed by atoms with Crippen LogP contribution >= 0.6 is 0 Å². The van der Waals surface area contributed by atoms with Crippen molar-refractivity contribution in [2.45, 2.75) is 18.9 Å². The van der Waals surface area contributed by atoms with Gasteiger partial charge in [0.25, 0.3) is 0 Å². The van der Waals surface area contributed by atoms with Gasteiger partial charge in [-0.25, -0.2) is 8.42 Å². The SMILES string of the molecule is CCS(=O)(=O)c1c(C)no[n+]1[O-]. The highest BCUT2D eigenvalue weighted by Crippen LogP contribution is 2.08. The average molecular weight is 192 g/mol. The van der Waals surface area contributed by atoms with Crippen LogP contribution in [0.4, 0.5) is 0 Å². The Bertz CT molecular complexity index is 361. The van der Waals surface area contributed by atoms with Gasteiger partial charge >= 0.3 is 5.03 Å². The molecule has 6 nitrogen and oxygen atoms in total. The van der Waals surface area contributed by atoms with Gasteiger partial charge in [-0.3, -0.25) is 4.63 Å². The third kappa shape index (κ3) is 1.27. The van der Waals surface area contributed by atoms with Crippen LogP contribution in [0.2, 0.25) is 0 Å². The Morgan fingerprint density at radius 1 is 1.67 bits per heavy atom. The minimum Gasteiger partial charge on any atom is -0.358 e. The summed E-state index contributed by atoms with van der Waals surface area (Å²) in [4.78, 5) is -0.0891. The highest BCUT2D eigenvalue weighted by atomic mass is 32.2. The molecule has 1 aromatic heterocycles. The van der Waals surface area contributed by atoms with Gasteiger partial charge in [0.1, 0.15) is 0 Å². The lowest BCUT2D eigenvalue weighted by Crippen LogP contribution is -2.31. The van der Waals surface area contributed by atoms with Crippen LogP contribution in [0.5, 0.6) is 0 Å². The predicted molar refractivity (Wildman–Crippen MR) is 37.9 cm³/mol. The highest BCUT2D eigenvalue weighted by Gasteiger charge is 2.27. The molecule has 0 N–H and O–H groups in total. The molecule has 12 heavy (non-hydrogen) atoms. The summed E-state index contributed by atoms with van der Waals surface area (Å²) in [5.41, 5.74) is 0.0897. The van der Waals surface area contributed by atoms with Crippen LogP contribution in [0.25, 0.3) is 0 Å². The molecular formula is C5H8N2O4S. The molecule has 0 atom stereocenters. The predicted octanol–water partition coefficient (Wildman–Crippen LogP) is -0.590. The number of aryl methyl sites for hydroxylation is 1. The molecule has 0 bridgehead atoms. The Labute approximate surface area is 69.2 Å². The standard InChI is InChI=1S/C5H8N2O4S/c1-3-12(9,10)5-4(2)6-11-7(5)8/h3H2,1-2H3. The summed E-state index contributed by atoms with van der Waals surface area (Å²) in [6, 6.07) is 0. The minimum absolute atomic E-state index is 0.0891. The molecule has 1 rings (SSSR count).